The topological polar surface area (TPSA) is 0 Å². The van der Waals surface area contributed by atoms with Gasteiger partial charge >= 0.3 is 0 Å². The fourth-order valence-electron chi connectivity index (χ4n) is 9.65. The van der Waals surface area contributed by atoms with Crippen LogP contribution in [0.1, 0.15) is 5.56 Å². The van der Waals surface area contributed by atoms with Crippen LogP contribution >= 0.6 is 0 Å². The molecule has 0 nitrogen and oxygen atoms in total. The molecule has 0 aliphatic heterocycles. The van der Waals surface area contributed by atoms with Gasteiger partial charge in [0.1, 0.15) is 0 Å². The van der Waals surface area contributed by atoms with Gasteiger partial charge in [-0.25, -0.2) is 0 Å². The van der Waals surface area contributed by atoms with Crippen molar-refractivity contribution in [2.24, 2.45) is 0 Å². The summed E-state index contributed by atoms with van der Waals surface area (Å²) in [5.41, 5.74) is 11.9. The summed E-state index contributed by atoms with van der Waals surface area (Å²) < 4.78 is 0. The second-order valence-electron chi connectivity index (χ2n) is 14.0. The average molecular weight is 617 g/mol. The van der Waals surface area contributed by atoms with Gasteiger partial charge in [-0.3, -0.25) is 0 Å². The summed E-state index contributed by atoms with van der Waals surface area (Å²) in [6, 6.07) is 57.2. The molecule has 0 aromatic heterocycles. The second kappa shape index (κ2) is 9.01. The molecular formula is C49H28. The first-order valence-electron chi connectivity index (χ1n) is 17.3. The number of aryl methyl sites for hydroxylation is 1. The zero-order valence-electron chi connectivity index (χ0n) is 26.9. The molecule has 11 aromatic rings. The molecule has 1 aliphatic carbocycles. The van der Waals surface area contributed by atoms with Crippen LogP contribution in [0.2, 0.25) is 0 Å². The minimum atomic E-state index is 1.27. The van der Waals surface area contributed by atoms with E-state index in [-0.39, 0.29) is 0 Å². The first kappa shape index (κ1) is 25.8. The van der Waals surface area contributed by atoms with Crippen LogP contribution in [0, 0.1) is 6.92 Å². The standard InChI is InChI=1S/C49H28/c1-27-23-39-34-19-7-13-28-14-8-20-35(43(28)34)40(39)26-38(27)31-24-41-32-17-5-6-18-33(32)47-46(41)42(25-31)45(30-11-3-2-4-12-30)48-36-21-9-15-29-16-10-22-37(44(29)36)49(47)48/h2-26H,1H3. The third kappa shape index (κ3) is 3.15. The number of benzene rings is 9. The Morgan fingerprint density at radius 1 is 0.286 bits per heavy atom. The quantitative estimate of drug-likeness (QED) is 0.181. The third-order valence-corrected chi connectivity index (χ3v) is 11.6. The van der Waals surface area contributed by atoms with E-state index in [9.17, 15) is 0 Å². The molecule has 0 heterocycles. The van der Waals surface area contributed by atoms with E-state index in [1.54, 1.807) is 0 Å². The number of hydrogen-bond acceptors (Lipinski definition) is 0. The molecular weight excluding hydrogens is 589 g/mol. The molecule has 0 atom stereocenters. The Labute approximate surface area is 283 Å². The van der Waals surface area contributed by atoms with Crippen molar-refractivity contribution in [2.75, 3.05) is 0 Å². The van der Waals surface area contributed by atoms with Gasteiger partial charge in [0.2, 0.25) is 0 Å². The van der Waals surface area contributed by atoms with Gasteiger partial charge in [-0.05, 0) is 151 Å². The minimum absolute atomic E-state index is 1.27. The maximum Gasteiger partial charge on any atom is -0.000697 e. The fraction of sp³-hybridized carbons (Fsp3) is 0.0204. The van der Waals surface area contributed by atoms with Crippen LogP contribution in [0.15, 0.2) is 152 Å². The Morgan fingerprint density at radius 3 is 1.61 bits per heavy atom. The van der Waals surface area contributed by atoms with Gasteiger partial charge in [0.15, 0.2) is 0 Å². The highest BCUT2D eigenvalue weighted by molar-refractivity contribution is 6.48. The molecule has 0 amide bonds. The molecule has 0 fully saturated rings. The van der Waals surface area contributed by atoms with E-state index in [4.69, 9.17) is 0 Å². The van der Waals surface area contributed by atoms with E-state index in [2.05, 4.69) is 159 Å². The highest BCUT2D eigenvalue weighted by Crippen LogP contribution is 2.55. The molecule has 0 spiro atoms. The molecule has 1 aliphatic rings. The Bertz CT molecular complexity index is 3190. The van der Waals surface area contributed by atoms with Gasteiger partial charge in [-0.1, -0.05) is 133 Å². The molecule has 49 heavy (non-hydrogen) atoms. The smallest absolute Gasteiger partial charge is 0.000697 e. The highest BCUT2D eigenvalue weighted by Gasteiger charge is 2.27. The van der Waals surface area contributed by atoms with Crippen LogP contribution in [0.5, 0.6) is 0 Å². The number of rotatable bonds is 2. The average Bonchev–Trinajstić information content (AvgIpc) is 3.77. The van der Waals surface area contributed by atoms with Crippen molar-refractivity contribution in [2.45, 2.75) is 6.92 Å². The molecule has 224 valence electrons. The lowest BCUT2D eigenvalue weighted by Crippen LogP contribution is -1.90. The minimum Gasteiger partial charge on any atom is -0.0622 e. The summed E-state index contributed by atoms with van der Waals surface area (Å²) in [5.74, 6) is 0. The lowest BCUT2D eigenvalue weighted by atomic mass is 9.87. The van der Waals surface area contributed by atoms with Crippen molar-refractivity contribution in [3.63, 3.8) is 0 Å². The predicted octanol–water partition coefficient (Wildman–Crippen LogP) is 13.9. The van der Waals surface area contributed by atoms with Crippen LogP contribution in [0.3, 0.4) is 0 Å². The van der Waals surface area contributed by atoms with Crippen LogP contribution in [-0.4, -0.2) is 0 Å². The number of fused-ring (bicyclic) bond motifs is 10. The molecule has 0 heteroatoms. The molecule has 0 radical (unpaired) electrons. The summed E-state index contributed by atoms with van der Waals surface area (Å²) >= 11 is 0. The molecule has 0 N–H and O–H groups in total. The summed E-state index contributed by atoms with van der Waals surface area (Å²) in [6.07, 6.45) is 0. The first-order chi connectivity index (χ1) is 24.2. The van der Waals surface area contributed by atoms with E-state index in [0.29, 0.717) is 0 Å². The Hall–Kier alpha value is -6.24. The summed E-state index contributed by atoms with van der Waals surface area (Å²) in [7, 11) is 0. The van der Waals surface area contributed by atoms with Crippen molar-refractivity contribution in [3.8, 4) is 44.5 Å². The van der Waals surface area contributed by atoms with Crippen molar-refractivity contribution < 1.29 is 0 Å². The van der Waals surface area contributed by atoms with E-state index in [0.717, 1.165) is 0 Å². The largest absolute Gasteiger partial charge is 0.0622 e. The maximum atomic E-state index is 2.51. The molecule has 12 rings (SSSR count). The van der Waals surface area contributed by atoms with Gasteiger partial charge in [0.05, 0.1) is 0 Å². The zero-order chi connectivity index (χ0) is 32.0. The fourth-order valence-corrected chi connectivity index (χ4v) is 9.65. The van der Waals surface area contributed by atoms with Gasteiger partial charge in [0, 0.05) is 0 Å². The summed E-state index contributed by atoms with van der Waals surface area (Å²) in [5, 5.41) is 18.9. The monoisotopic (exact) mass is 616 g/mol. The molecule has 0 saturated heterocycles. The van der Waals surface area contributed by atoms with Crippen LogP contribution in [0.25, 0.3) is 120 Å². The molecule has 0 saturated carbocycles. The van der Waals surface area contributed by atoms with E-state index < -0.39 is 0 Å². The van der Waals surface area contributed by atoms with Gasteiger partial charge in [-0.15, -0.1) is 0 Å². The maximum absolute atomic E-state index is 2.51. The lowest BCUT2D eigenvalue weighted by Gasteiger charge is -2.16. The van der Waals surface area contributed by atoms with Crippen LogP contribution in [-0.2, 0) is 0 Å². The number of hydrogen-bond donors (Lipinski definition) is 0. The van der Waals surface area contributed by atoms with Crippen molar-refractivity contribution >= 4 is 75.4 Å². The SMILES string of the molecule is Cc1cc2c(cc1-c1cc3c(-c4ccccc4)c4c5cccc6cccc(c65)c4c4c5ccccc5c(c1)c34)-c1cccc3cccc-2c13. The highest BCUT2D eigenvalue weighted by atomic mass is 14.3. The summed E-state index contributed by atoms with van der Waals surface area (Å²) in [6.45, 7) is 2.29. The van der Waals surface area contributed by atoms with Crippen molar-refractivity contribution in [1.29, 1.82) is 0 Å². The van der Waals surface area contributed by atoms with Crippen LogP contribution < -0.4 is 0 Å². The third-order valence-electron chi connectivity index (χ3n) is 11.6. The van der Waals surface area contributed by atoms with Gasteiger partial charge in [0.25, 0.3) is 0 Å². The molecule has 0 unspecified atom stereocenters. The Morgan fingerprint density at radius 2 is 0.857 bits per heavy atom. The normalized spacial score (nSPS) is 12.6. The molecule has 0 bridgehead atoms. The first-order valence-corrected chi connectivity index (χ1v) is 17.3. The Kier molecular flexibility index (Phi) is 4.74. The van der Waals surface area contributed by atoms with Gasteiger partial charge in [-0.2, -0.15) is 0 Å². The summed E-state index contributed by atoms with van der Waals surface area (Å²) in [4.78, 5) is 0. The van der Waals surface area contributed by atoms with Gasteiger partial charge < -0.3 is 0 Å². The molecule has 11 aromatic carbocycles. The lowest BCUT2D eigenvalue weighted by molar-refractivity contribution is 1.47. The van der Waals surface area contributed by atoms with Crippen molar-refractivity contribution in [3.05, 3.63) is 157 Å². The zero-order valence-corrected chi connectivity index (χ0v) is 26.9. The second-order valence-corrected chi connectivity index (χ2v) is 14.0. The van der Waals surface area contributed by atoms with E-state index in [1.807, 2.05) is 0 Å². The predicted molar refractivity (Wildman–Crippen MR) is 211 cm³/mol. The van der Waals surface area contributed by atoms with Crippen LogP contribution in [0.4, 0.5) is 0 Å². The van der Waals surface area contributed by atoms with E-state index in [1.165, 1.54) is 125 Å². The van der Waals surface area contributed by atoms with E-state index >= 15 is 0 Å². The Balaban J connectivity index is 1.29. The van der Waals surface area contributed by atoms with Crippen molar-refractivity contribution in [1.82, 2.24) is 0 Å².